The van der Waals surface area contributed by atoms with Crippen LogP contribution >= 0.6 is 23.2 Å². The lowest BCUT2D eigenvalue weighted by molar-refractivity contribution is 0.0991. The minimum Gasteiger partial charge on any atom is -0.439 e. The van der Waals surface area contributed by atoms with Gasteiger partial charge >= 0.3 is 0 Å². The molecular weight excluding hydrogens is 397 g/mol. The highest BCUT2D eigenvalue weighted by atomic mass is 35.5. The van der Waals surface area contributed by atoms with Crippen molar-refractivity contribution in [3.63, 3.8) is 0 Å². The molecule has 1 N–H and O–H groups in total. The highest BCUT2D eigenvalue weighted by Crippen LogP contribution is 2.25. The summed E-state index contributed by atoms with van der Waals surface area (Å²) in [6.45, 7) is 1.81. The van der Waals surface area contributed by atoms with Crippen LogP contribution in [0.2, 0.25) is 10.0 Å². The van der Waals surface area contributed by atoms with E-state index >= 15 is 0 Å². The summed E-state index contributed by atoms with van der Waals surface area (Å²) in [5.74, 6) is -0.704. The quantitative estimate of drug-likeness (QED) is 0.658. The number of hydrogen-bond donors (Lipinski definition) is 1. The third kappa shape index (κ3) is 3.77. The van der Waals surface area contributed by atoms with Crippen molar-refractivity contribution in [1.29, 1.82) is 0 Å². The Labute approximate surface area is 160 Å². The van der Waals surface area contributed by atoms with E-state index in [9.17, 15) is 13.2 Å². The molecule has 3 aromatic rings. The summed E-state index contributed by atoms with van der Waals surface area (Å²) in [6.07, 6.45) is 0. The number of benzene rings is 2. The first kappa shape index (κ1) is 18.5. The molecule has 3 rings (SSSR count). The minimum absolute atomic E-state index is 0.0221. The van der Waals surface area contributed by atoms with E-state index in [1.165, 1.54) is 36.4 Å². The summed E-state index contributed by atoms with van der Waals surface area (Å²) in [6, 6.07) is 13.3. The van der Waals surface area contributed by atoms with E-state index in [1.54, 1.807) is 18.2 Å². The Morgan fingerprint density at radius 1 is 0.962 bits per heavy atom. The fraction of sp³-hybridized carbons (Fsp3) is 0.0556. The second-order valence-electron chi connectivity index (χ2n) is 5.49. The second kappa shape index (κ2) is 7.15. The van der Waals surface area contributed by atoms with Crippen molar-refractivity contribution in [2.24, 2.45) is 0 Å². The van der Waals surface area contributed by atoms with Crippen LogP contribution in [-0.4, -0.2) is 14.3 Å². The van der Waals surface area contributed by atoms with Crippen molar-refractivity contribution in [2.75, 3.05) is 5.32 Å². The molecule has 1 aromatic heterocycles. The Balaban J connectivity index is 1.86. The van der Waals surface area contributed by atoms with Gasteiger partial charge in [0, 0.05) is 15.7 Å². The van der Waals surface area contributed by atoms with E-state index in [0.29, 0.717) is 15.7 Å². The summed E-state index contributed by atoms with van der Waals surface area (Å²) in [4.78, 5) is 12.4. The van der Waals surface area contributed by atoms with Crippen LogP contribution in [0.5, 0.6) is 0 Å². The maximum atomic E-state index is 12.6. The fourth-order valence-electron chi connectivity index (χ4n) is 2.23. The van der Waals surface area contributed by atoms with Gasteiger partial charge < -0.3 is 9.73 Å². The second-order valence-corrected chi connectivity index (χ2v) is 8.24. The number of anilines is 1. The van der Waals surface area contributed by atoms with E-state index in [0.717, 1.165) is 5.56 Å². The van der Waals surface area contributed by atoms with Gasteiger partial charge in [0.15, 0.2) is 5.76 Å². The molecule has 5 nitrogen and oxygen atoms in total. The highest BCUT2D eigenvalue weighted by Gasteiger charge is 2.23. The van der Waals surface area contributed by atoms with Crippen molar-refractivity contribution in [1.82, 2.24) is 0 Å². The molecule has 0 spiro atoms. The lowest BCUT2D eigenvalue weighted by Crippen LogP contribution is -2.12. The predicted molar refractivity (Wildman–Crippen MR) is 99.8 cm³/mol. The lowest BCUT2D eigenvalue weighted by Gasteiger charge is -2.07. The van der Waals surface area contributed by atoms with Crippen LogP contribution in [-0.2, 0) is 9.84 Å². The molecule has 0 aliphatic carbocycles. The monoisotopic (exact) mass is 409 g/mol. The summed E-state index contributed by atoms with van der Waals surface area (Å²) >= 11 is 11.7. The largest absolute Gasteiger partial charge is 0.439 e. The third-order valence-electron chi connectivity index (χ3n) is 3.64. The van der Waals surface area contributed by atoms with Crippen LogP contribution in [0, 0.1) is 6.92 Å². The van der Waals surface area contributed by atoms with E-state index in [-0.39, 0.29) is 15.7 Å². The van der Waals surface area contributed by atoms with Crippen LogP contribution in [0.25, 0.3) is 0 Å². The van der Waals surface area contributed by atoms with Gasteiger partial charge in [-0.2, -0.15) is 0 Å². The lowest BCUT2D eigenvalue weighted by atomic mass is 10.2. The zero-order chi connectivity index (χ0) is 18.9. The molecule has 8 heteroatoms. The number of carbonyl (C=O) groups excluding carboxylic acids is 1. The zero-order valence-electron chi connectivity index (χ0n) is 13.5. The Hall–Kier alpha value is -2.28. The molecule has 1 heterocycles. The van der Waals surface area contributed by atoms with Gasteiger partial charge in [-0.3, -0.25) is 4.79 Å². The van der Waals surface area contributed by atoms with Gasteiger partial charge in [-0.25, -0.2) is 8.42 Å². The highest BCUT2D eigenvalue weighted by molar-refractivity contribution is 7.91. The number of carbonyl (C=O) groups is 1. The molecule has 0 saturated heterocycles. The molecule has 0 saturated carbocycles. The molecule has 0 aliphatic heterocycles. The molecular formula is C18H13Cl2NO4S. The maximum Gasteiger partial charge on any atom is 0.291 e. The van der Waals surface area contributed by atoms with Crippen LogP contribution in [0.3, 0.4) is 0 Å². The van der Waals surface area contributed by atoms with Crippen molar-refractivity contribution in [2.45, 2.75) is 16.9 Å². The SMILES string of the molecule is Cc1ccc(Cl)cc1NC(=O)c1ccc(S(=O)(=O)c2ccc(Cl)cc2)o1. The van der Waals surface area contributed by atoms with E-state index in [1.807, 2.05) is 6.92 Å². The molecule has 0 unspecified atom stereocenters. The van der Waals surface area contributed by atoms with Crippen LogP contribution < -0.4 is 5.32 Å². The first-order valence-electron chi connectivity index (χ1n) is 7.45. The average Bonchev–Trinajstić information content (AvgIpc) is 3.09. The number of hydrogen-bond acceptors (Lipinski definition) is 4. The summed E-state index contributed by atoms with van der Waals surface area (Å²) in [5, 5.41) is 3.21. The molecule has 0 bridgehead atoms. The number of amides is 1. The number of furan rings is 1. The topological polar surface area (TPSA) is 76.4 Å². The predicted octanol–water partition coefficient (Wildman–Crippen LogP) is 4.98. The maximum absolute atomic E-state index is 12.6. The molecule has 0 radical (unpaired) electrons. The first-order chi connectivity index (χ1) is 12.3. The Kier molecular flexibility index (Phi) is 5.09. The normalized spacial score (nSPS) is 11.3. The molecule has 0 atom stereocenters. The van der Waals surface area contributed by atoms with E-state index < -0.39 is 15.7 Å². The Morgan fingerprint density at radius 3 is 2.31 bits per heavy atom. The summed E-state index contributed by atoms with van der Waals surface area (Å²) < 4.78 is 30.4. The smallest absolute Gasteiger partial charge is 0.291 e. The van der Waals surface area contributed by atoms with Gasteiger partial charge in [0.1, 0.15) is 0 Å². The molecule has 0 fully saturated rings. The van der Waals surface area contributed by atoms with Crippen molar-refractivity contribution < 1.29 is 17.6 Å². The van der Waals surface area contributed by atoms with Crippen molar-refractivity contribution in [3.8, 4) is 0 Å². The average molecular weight is 410 g/mol. The Morgan fingerprint density at radius 2 is 1.62 bits per heavy atom. The molecule has 0 aliphatic rings. The third-order valence-corrected chi connectivity index (χ3v) is 5.77. The zero-order valence-corrected chi connectivity index (χ0v) is 15.8. The van der Waals surface area contributed by atoms with Gasteiger partial charge in [-0.1, -0.05) is 29.3 Å². The summed E-state index contributed by atoms with van der Waals surface area (Å²) in [7, 11) is -3.88. The van der Waals surface area contributed by atoms with Gasteiger partial charge in [-0.15, -0.1) is 0 Å². The number of sulfone groups is 1. The van der Waals surface area contributed by atoms with Gasteiger partial charge in [0.05, 0.1) is 4.90 Å². The van der Waals surface area contributed by atoms with Crippen LogP contribution in [0.15, 0.2) is 69.0 Å². The minimum atomic E-state index is -3.88. The van der Waals surface area contributed by atoms with E-state index in [4.69, 9.17) is 27.6 Å². The number of halogens is 2. The summed E-state index contributed by atoms with van der Waals surface area (Å²) in [5.41, 5.74) is 1.32. The number of aryl methyl sites for hydroxylation is 1. The molecule has 1 amide bonds. The molecule has 134 valence electrons. The van der Waals surface area contributed by atoms with Crippen LogP contribution in [0.1, 0.15) is 16.1 Å². The van der Waals surface area contributed by atoms with Crippen molar-refractivity contribution >= 4 is 44.6 Å². The Bertz CT molecular complexity index is 1070. The first-order valence-corrected chi connectivity index (χ1v) is 9.69. The van der Waals surface area contributed by atoms with Gasteiger partial charge in [0.25, 0.3) is 5.91 Å². The standard InChI is InChI=1S/C18H13Cl2NO4S/c1-11-2-3-13(20)10-15(11)21-18(22)16-8-9-17(25-16)26(23,24)14-6-4-12(19)5-7-14/h2-10H,1H3,(H,21,22). The van der Waals surface area contributed by atoms with Gasteiger partial charge in [-0.05, 0) is 61.0 Å². The number of nitrogens with one attached hydrogen (secondary N) is 1. The van der Waals surface area contributed by atoms with Crippen LogP contribution in [0.4, 0.5) is 5.69 Å². The van der Waals surface area contributed by atoms with Gasteiger partial charge in [0.2, 0.25) is 14.9 Å². The van der Waals surface area contributed by atoms with E-state index in [2.05, 4.69) is 5.32 Å². The number of rotatable bonds is 4. The fourth-order valence-corrected chi connectivity index (χ4v) is 3.70. The molecule has 2 aromatic carbocycles. The molecule has 26 heavy (non-hydrogen) atoms. The van der Waals surface area contributed by atoms with Crippen molar-refractivity contribution in [3.05, 3.63) is 76.0 Å².